The van der Waals surface area contributed by atoms with E-state index in [1.54, 1.807) is 30.3 Å². The number of aromatic nitrogens is 4. The van der Waals surface area contributed by atoms with Crippen molar-refractivity contribution >= 4 is 22.8 Å². The second kappa shape index (κ2) is 8.98. The van der Waals surface area contributed by atoms with Gasteiger partial charge in [-0.2, -0.15) is 13.2 Å². The van der Waals surface area contributed by atoms with Crippen LogP contribution in [0.15, 0.2) is 63.1 Å². The van der Waals surface area contributed by atoms with E-state index >= 15 is 0 Å². The molecule has 176 valence electrons. The van der Waals surface area contributed by atoms with Crippen LogP contribution >= 0.6 is 11.8 Å². The van der Waals surface area contributed by atoms with Crippen LogP contribution in [0.25, 0.3) is 22.4 Å². The molecule has 7 nitrogen and oxygen atoms in total. The first-order valence-corrected chi connectivity index (χ1v) is 11.0. The Labute approximate surface area is 195 Å². The van der Waals surface area contributed by atoms with E-state index in [4.69, 9.17) is 4.74 Å². The Hall–Kier alpha value is -3.60. The molecule has 0 aliphatic carbocycles. The number of rotatable bonds is 5. The summed E-state index contributed by atoms with van der Waals surface area (Å²) in [6.07, 6.45) is -4.46. The summed E-state index contributed by atoms with van der Waals surface area (Å²) in [6.45, 7) is 0. The average molecular weight is 488 g/mol. The first-order valence-electron chi connectivity index (χ1n) is 10.0. The van der Waals surface area contributed by atoms with Gasteiger partial charge in [0.15, 0.2) is 11.5 Å². The molecule has 0 N–H and O–H groups in total. The Kier molecular flexibility index (Phi) is 6.22. The summed E-state index contributed by atoms with van der Waals surface area (Å²) >= 11 is 1.10. The molecule has 0 atom stereocenters. The first kappa shape index (κ1) is 23.6. The van der Waals surface area contributed by atoms with Gasteiger partial charge in [0.1, 0.15) is 16.2 Å². The summed E-state index contributed by atoms with van der Waals surface area (Å²) in [5.74, 6) is 1.03. The molecule has 2 aromatic heterocycles. The zero-order chi connectivity index (χ0) is 24.6. The van der Waals surface area contributed by atoms with Gasteiger partial charge in [0.05, 0.1) is 12.7 Å². The topological polar surface area (TPSA) is 79.0 Å². The summed E-state index contributed by atoms with van der Waals surface area (Å²) in [5.41, 5.74) is -0.705. The van der Waals surface area contributed by atoms with Crippen molar-refractivity contribution in [3.63, 3.8) is 0 Å². The summed E-state index contributed by atoms with van der Waals surface area (Å²) in [6, 6.07) is 11.9. The number of hydrogen-bond donors (Lipinski definition) is 0. The number of halogens is 3. The molecule has 0 saturated heterocycles. The van der Waals surface area contributed by atoms with Crippen molar-refractivity contribution in [3.05, 3.63) is 80.5 Å². The number of nitrogens with zero attached hydrogens (tertiary/aromatic N) is 4. The first-order chi connectivity index (χ1) is 16.1. The quantitative estimate of drug-likeness (QED) is 0.312. The molecule has 4 rings (SSSR count). The minimum atomic E-state index is -4.46. The maximum atomic E-state index is 13.1. The highest BCUT2D eigenvalue weighted by molar-refractivity contribution is 7.98. The van der Waals surface area contributed by atoms with Gasteiger partial charge in [-0.1, -0.05) is 18.2 Å². The lowest BCUT2D eigenvalue weighted by molar-refractivity contribution is -0.137. The smallest absolute Gasteiger partial charge is 0.416 e. The Morgan fingerprint density at radius 1 is 1.00 bits per heavy atom. The summed E-state index contributed by atoms with van der Waals surface area (Å²) < 4.78 is 46.7. The van der Waals surface area contributed by atoms with E-state index in [-0.39, 0.29) is 27.6 Å². The number of thioether (sulfide) groups is 1. The van der Waals surface area contributed by atoms with Gasteiger partial charge in [-0.15, -0.1) is 11.8 Å². The van der Waals surface area contributed by atoms with Gasteiger partial charge in [0, 0.05) is 25.4 Å². The van der Waals surface area contributed by atoms with Gasteiger partial charge in [0.2, 0.25) is 0 Å². The van der Waals surface area contributed by atoms with Crippen LogP contribution in [-0.4, -0.2) is 26.2 Å². The molecule has 2 heterocycles. The second-order valence-corrected chi connectivity index (χ2v) is 8.44. The minimum Gasteiger partial charge on any atom is -0.497 e. The number of alkyl halides is 3. The van der Waals surface area contributed by atoms with E-state index in [9.17, 15) is 22.8 Å². The van der Waals surface area contributed by atoms with Crippen molar-refractivity contribution in [1.29, 1.82) is 0 Å². The Bertz CT molecular complexity index is 1500. The predicted octanol–water partition coefficient (Wildman–Crippen LogP) is 4.01. The van der Waals surface area contributed by atoms with Crippen LogP contribution in [0.1, 0.15) is 11.1 Å². The third-order valence-electron chi connectivity index (χ3n) is 5.24. The maximum Gasteiger partial charge on any atom is 0.416 e. The normalized spacial score (nSPS) is 11.7. The summed E-state index contributed by atoms with van der Waals surface area (Å²) in [7, 11) is 4.38. The fourth-order valence-electron chi connectivity index (χ4n) is 3.39. The Morgan fingerprint density at radius 3 is 2.35 bits per heavy atom. The maximum absolute atomic E-state index is 13.1. The largest absolute Gasteiger partial charge is 0.497 e. The lowest BCUT2D eigenvalue weighted by Gasteiger charge is -2.13. The van der Waals surface area contributed by atoms with Gasteiger partial charge in [-0.25, -0.2) is 14.8 Å². The molecule has 0 spiro atoms. The van der Waals surface area contributed by atoms with Gasteiger partial charge >= 0.3 is 11.9 Å². The van der Waals surface area contributed by atoms with Crippen LogP contribution in [0.2, 0.25) is 0 Å². The molecule has 34 heavy (non-hydrogen) atoms. The minimum absolute atomic E-state index is 0.124. The van der Waals surface area contributed by atoms with Crippen molar-refractivity contribution in [2.45, 2.75) is 17.0 Å². The van der Waals surface area contributed by atoms with Gasteiger partial charge in [-0.05, 0) is 35.9 Å². The second-order valence-electron chi connectivity index (χ2n) is 7.47. The molecule has 0 amide bonds. The van der Waals surface area contributed by atoms with Crippen LogP contribution in [0.3, 0.4) is 0 Å². The van der Waals surface area contributed by atoms with E-state index in [1.807, 2.05) is 0 Å². The predicted molar refractivity (Wildman–Crippen MR) is 123 cm³/mol. The van der Waals surface area contributed by atoms with Crippen LogP contribution in [0, 0.1) is 0 Å². The summed E-state index contributed by atoms with van der Waals surface area (Å²) in [5, 5.41) is 0.392. The van der Waals surface area contributed by atoms with E-state index in [2.05, 4.69) is 9.97 Å². The van der Waals surface area contributed by atoms with Crippen LogP contribution < -0.4 is 16.0 Å². The molecular formula is C23H19F3N4O3S. The highest BCUT2D eigenvalue weighted by Gasteiger charge is 2.30. The van der Waals surface area contributed by atoms with Crippen LogP contribution in [-0.2, 0) is 26.0 Å². The third-order valence-corrected chi connectivity index (χ3v) is 6.29. The number of ether oxygens (including phenoxy) is 1. The SMILES string of the molecule is COc1ccc(-c2nc(SCc3cccc(C(F)(F)F)c3)c3c(=O)n(C)c(=O)n(C)c3n2)cc1. The van der Waals surface area contributed by atoms with E-state index in [1.165, 1.54) is 31.8 Å². The monoisotopic (exact) mass is 488 g/mol. The van der Waals surface area contributed by atoms with Gasteiger partial charge < -0.3 is 4.74 Å². The van der Waals surface area contributed by atoms with Crippen molar-refractivity contribution in [3.8, 4) is 17.1 Å². The van der Waals surface area contributed by atoms with Crippen molar-refractivity contribution in [1.82, 2.24) is 19.1 Å². The highest BCUT2D eigenvalue weighted by Crippen LogP contribution is 2.32. The number of aryl methyl sites for hydroxylation is 1. The molecule has 0 bridgehead atoms. The molecule has 0 saturated carbocycles. The Balaban J connectivity index is 1.85. The van der Waals surface area contributed by atoms with E-state index in [0.29, 0.717) is 16.9 Å². The molecule has 0 aliphatic rings. The molecular weight excluding hydrogens is 469 g/mol. The standard InChI is InChI=1S/C23H19F3N4O3S/c1-29-19-17(21(31)30(2)22(29)32)20(28-18(27-19)14-7-9-16(33-3)10-8-14)34-12-13-5-4-6-15(11-13)23(24,25)26/h4-11H,12H2,1-3H3. The third kappa shape index (κ3) is 4.43. The lowest BCUT2D eigenvalue weighted by atomic mass is 10.1. The van der Waals surface area contributed by atoms with Crippen molar-refractivity contribution in [2.75, 3.05) is 7.11 Å². The highest BCUT2D eigenvalue weighted by atomic mass is 32.2. The molecule has 4 aromatic rings. The lowest BCUT2D eigenvalue weighted by Crippen LogP contribution is -2.37. The number of fused-ring (bicyclic) bond motifs is 1. The fourth-order valence-corrected chi connectivity index (χ4v) is 4.35. The van der Waals surface area contributed by atoms with Crippen molar-refractivity contribution in [2.24, 2.45) is 14.1 Å². The summed E-state index contributed by atoms with van der Waals surface area (Å²) in [4.78, 5) is 34.4. The average Bonchev–Trinajstić information content (AvgIpc) is 2.84. The van der Waals surface area contributed by atoms with Crippen molar-refractivity contribution < 1.29 is 17.9 Å². The number of methoxy groups -OCH3 is 1. The van der Waals surface area contributed by atoms with Gasteiger partial charge in [-0.3, -0.25) is 13.9 Å². The number of benzene rings is 2. The fraction of sp³-hybridized carbons (Fsp3) is 0.217. The molecule has 0 unspecified atom stereocenters. The zero-order valence-electron chi connectivity index (χ0n) is 18.4. The van der Waals surface area contributed by atoms with E-state index in [0.717, 1.165) is 28.5 Å². The van der Waals surface area contributed by atoms with Gasteiger partial charge in [0.25, 0.3) is 5.56 Å². The zero-order valence-corrected chi connectivity index (χ0v) is 19.2. The van der Waals surface area contributed by atoms with Crippen LogP contribution in [0.5, 0.6) is 5.75 Å². The van der Waals surface area contributed by atoms with E-state index < -0.39 is 23.0 Å². The molecule has 0 fully saturated rings. The molecule has 0 radical (unpaired) electrons. The molecule has 11 heteroatoms. The number of hydrogen-bond acceptors (Lipinski definition) is 6. The van der Waals surface area contributed by atoms with Crippen LogP contribution in [0.4, 0.5) is 13.2 Å². The molecule has 0 aliphatic heterocycles. The Morgan fingerprint density at radius 2 is 1.71 bits per heavy atom. The molecule has 2 aromatic carbocycles.